The lowest BCUT2D eigenvalue weighted by atomic mass is 10.1. The molecule has 1 aliphatic heterocycles. The molecule has 1 aromatic heterocycles. The molecule has 1 aliphatic rings. The Morgan fingerprint density at radius 3 is 2.65 bits per heavy atom. The van der Waals surface area contributed by atoms with Crippen LogP contribution in [0.15, 0.2) is 18.3 Å². The molecule has 0 aliphatic carbocycles. The van der Waals surface area contributed by atoms with Gasteiger partial charge in [0.2, 0.25) is 0 Å². The molecule has 0 atom stereocenters. The molecule has 2 N–H and O–H groups in total. The lowest BCUT2D eigenvalue weighted by Gasteiger charge is -2.18. The quantitative estimate of drug-likeness (QED) is 0.912. The molecule has 4 nitrogen and oxygen atoms in total. The summed E-state index contributed by atoms with van der Waals surface area (Å²) in [6.45, 7) is 5.14. The van der Waals surface area contributed by atoms with Crippen LogP contribution in [0.25, 0.3) is 10.9 Å². The fourth-order valence-electron chi connectivity index (χ4n) is 2.82. The number of hydrogen-bond acceptors (Lipinski definition) is 3. The summed E-state index contributed by atoms with van der Waals surface area (Å²) in [4.78, 5) is 0. The van der Waals surface area contributed by atoms with Crippen LogP contribution in [-0.2, 0) is 13.0 Å². The van der Waals surface area contributed by atoms with Crippen LogP contribution < -0.4 is 15.2 Å². The van der Waals surface area contributed by atoms with Gasteiger partial charge in [0.05, 0.1) is 5.52 Å². The maximum absolute atomic E-state index is 5.70. The maximum Gasteiger partial charge on any atom is 0.163 e. The molecule has 0 saturated carbocycles. The van der Waals surface area contributed by atoms with E-state index in [2.05, 4.69) is 29.8 Å². The van der Waals surface area contributed by atoms with Gasteiger partial charge in [0, 0.05) is 24.2 Å². The highest BCUT2D eigenvalue weighted by atomic mass is 16.6. The van der Waals surface area contributed by atoms with E-state index in [9.17, 15) is 0 Å². The van der Waals surface area contributed by atoms with Gasteiger partial charge in [-0.3, -0.25) is 0 Å². The summed E-state index contributed by atoms with van der Waals surface area (Å²) in [6, 6.07) is 4.24. The number of rotatable bonds is 5. The van der Waals surface area contributed by atoms with E-state index in [4.69, 9.17) is 15.2 Å². The minimum atomic E-state index is 0.629. The van der Waals surface area contributed by atoms with E-state index in [1.807, 2.05) is 0 Å². The third-order valence-electron chi connectivity index (χ3n) is 3.75. The Kier molecular flexibility index (Phi) is 3.83. The second-order valence-corrected chi connectivity index (χ2v) is 5.25. The van der Waals surface area contributed by atoms with Crippen molar-refractivity contribution in [2.45, 2.75) is 32.7 Å². The van der Waals surface area contributed by atoms with Gasteiger partial charge in [-0.15, -0.1) is 0 Å². The SMILES string of the molecule is CCCc1cn(CCCN)c2cc3c(cc12)OCCO3. The first-order valence-electron chi connectivity index (χ1n) is 7.45. The average molecular weight is 274 g/mol. The highest BCUT2D eigenvalue weighted by molar-refractivity contribution is 5.87. The molecule has 2 aromatic rings. The molecule has 3 rings (SSSR count). The second-order valence-electron chi connectivity index (χ2n) is 5.25. The number of nitrogens with zero attached hydrogens (tertiary/aromatic N) is 1. The summed E-state index contributed by atoms with van der Waals surface area (Å²) in [5, 5.41) is 1.29. The topological polar surface area (TPSA) is 49.4 Å². The largest absolute Gasteiger partial charge is 0.486 e. The van der Waals surface area contributed by atoms with E-state index >= 15 is 0 Å². The first-order valence-corrected chi connectivity index (χ1v) is 7.45. The number of aromatic nitrogens is 1. The van der Waals surface area contributed by atoms with Crippen LogP contribution in [0.4, 0.5) is 0 Å². The molecule has 4 heteroatoms. The smallest absolute Gasteiger partial charge is 0.163 e. The number of ether oxygens (including phenoxy) is 2. The molecule has 2 heterocycles. The van der Waals surface area contributed by atoms with E-state index in [0.29, 0.717) is 19.8 Å². The third-order valence-corrected chi connectivity index (χ3v) is 3.75. The highest BCUT2D eigenvalue weighted by Gasteiger charge is 2.16. The maximum atomic E-state index is 5.70. The fraction of sp³-hybridized carbons (Fsp3) is 0.500. The zero-order chi connectivity index (χ0) is 13.9. The van der Waals surface area contributed by atoms with Crippen molar-refractivity contribution in [1.29, 1.82) is 0 Å². The summed E-state index contributed by atoms with van der Waals surface area (Å²) in [5.41, 5.74) is 8.25. The minimum absolute atomic E-state index is 0.629. The zero-order valence-electron chi connectivity index (χ0n) is 12.0. The molecule has 0 amide bonds. The Morgan fingerprint density at radius 2 is 1.95 bits per heavy atom. The fourth-order valence-corrected chi connectivity index (χ4v) is 2.82. The number of fused-ring (bicyclic) bond motifs is 2. The molecule has 0 bridgehead atoms. The van der Waals surface area contributed by atoms with Crippen molar-refractivity contribution in [2.75, 3.05) is 19.8 Å². The number of hydrogen-bond donors (Lipinski definition) is 1. The molecule has 1 aromatic carbocycles. The second kappa shape index (κ2) is 5.75. The number of benzene rings is 1. The van der Waals surface area contributed by atoms with E-state index in [1.54, 1.807) is 0 Å². The van der Waals surface area contributed by atoms with Crippen molar-refractivity contribution in [3.05, 3.63) is 23.9 Å². The third kappa shape index (κ3) is 2.36. The number of nitrogens with two attached hydrogens (primary N) is 1. The minimum Gasteiger partial charge on any atom is -0.486 e. The molecule has 0 unspecified atom stereocenters. The highest BCUT2D eigenvalue weighted by Crippen LogP contribution is 2.37. The Bertz CT molecular complexity index is 604. The van der Waals surface area contributed by atoms with Crippen molar-refractivity contribution >= 4 is 10.9 Å². The molecule has 20 heavy (non-hydrogen) atoms. The summed E-state index contributed by atoms with van der Waals surface area (Å²) in [7, 11) is 0. The molecule has 0 spiro atoms. The van der Waals surface area contributed by atoms with Gasteiger partial charge in [-0.2, -0.15) is 0 Å². The monoisotopic (exact) mass is 274 g/mol. The molecular weight excluding hydrogens is 252 g/mol. The summed E-state index contributed by atoms with van der Waals surface area (Å²) < 4.78 is 13.7. The van der Waals surface area contributed by atoms with E-state index in [0.717, 1.165) is 37.3 Å². The Labute approximate surface area is 119 Å². The van der Waals surface area contributed by atoms with E-state index < -0.39 is 0 Å². The summed E-state index contributed by atoms with van der Waals surface area (Å²) in [5.74, 6) is 1.73. The first-order chi connectivity index (χ1) is 9.83. The van der Waals surface area contributed by atoms with Gasteiger partial charge >= 0.3 is 0 Å². The van der Waals surface area contributed by atoms with Gasteiger partial charge in [0.25, 0.3) is 0 Å². The lowest BCUT2D eigenvalue weighted by molar-refractivity contribution is 0.172. The van der Waals surface area contributed by atoms with Crippen LogP contribution in [0.5, 0.6) is 11.5 Å². The van der Waals surface area contributed by atoms with Gasteiger partial charge in [-0.25, -0.2) is 0 Å². The first kappa shape index (κ1) is 13.3. The van der Waals surface area contributed by atoms with Gasteiger partial charge in [0.15, 0.2) is 11.5 Å². The van der Waals surface area contributed by atoms with E-state index in [-0.39, 0.29) is 0 Å². The zero-order valence-corrected chi connectivity index (χ0v) is 12.0. The average Bonchev–Trinajstić information content (AvgIpc) is 2.81. The standard InChI is InChI=1S/C16H22N2O2/c1-2-4-12-11-18(6-3-5-17)14-10-16-15(9-13(12)14)19-7-8-20-16/h9-11H,2-8,17H2,1H3. The Hall–Kier alpha value is -1.68. The van der Waals surface area contributed by atoms with Gasteiger partial charge in [-0.1, -0.05) is 13.3 Å². The predicted molar refractivity (Wildman–Crippen MR) is 80.6 cm³/mol. The van der Waals surface area contributed by atoms with Crippen LogP contribution in [-0.4, -0.2) is 24.3 Å². The number of aryl methyl sites for hydroxylation is 2. The van der Waals surface area contributed by atoms with Crippen LogP contribution in [0.1, 0.15) is 25.3 Å². The van der Waals surface area contributed by atoms with Gasteiger partial charge in [0.1, 0.15) is 13.2 Å². The predicted octanol–water partition coefficient (Wildman–Crippen LogP) is 2.71. The van der Waals surface area contributed by atoms with Crippen LogP contribution in [0, 0.1) is 0 Å². The van der Waals surface area contributed by atoms with Crippen molar-refractivity contribution in [3.8, 4) is 11.5 Å². The van der Waals surface area contributed by atoms with Crippen molar-refractivity contribution in [3.63, 3.8) is 0 Å². The Morgan fingerprint density at radius 1 is 1.20 bits per heavy atom. The van der Waals surface area contributed by atoms with Gasteiger partial charge in [-0.05, 0) is 31.0 Å². The summed E-state index contributed by atoms with van der Waals surface area (Å²) in [6.07, 6.45) is 5.48. The molecule has 0 radical (unpaired) electrons. The summed E-state index contributed by atoms with van der Waals surface area (Å²) >= 11 is 0. The van der Waals surface area contributed by atoms with E-state index in [1.165, 1.54) is 16.5 Å². The molecule has 0 fully saturated rings. The lowest BCUT2D eigenvalue weighted by Crippen LogP contribution is -2.15. The normalized spacial score (nSPS) is 13.9. The van der Waals surface area contributed by atoms with Crippen molar-refractivity contribution in [2.24, 2.45) is 5.73 Å². The van der Waals surface area contributed by atoms with Crippen molar-refractivity contribution < 1.29 is 9.47 Å². The molecular formula is C16H22N2O2. The molecule has 108 valence electrons. The Balaban J connectivity index is 2.09. The molecule has 0 saturated heterocycles. The van der Waals surface area contributed by atoms with Crippen LogP contribution in [0.2, 0.25) is 0 Å². The van der Waals surface area contributed by atoms with Gasteiger partial charge < -0.3 is 19.8 Å². The van der Waals surface area contributed by atoms with Crippen LogP contribution >= 0.6 is 0 Å². The van der Waals surface area contributed by atoms with Crippen LogP contribution in [0.3, 0.4) is 0 Å². The van der Waals surface area contributed by atoms with Crippen molar-refractivity contribution in [1.82, 2.24) is 4.57 Å².